The quantitative estimate of drug-likeness (QED) is 0.325. The Labute approximate surface area is 220 Å². The Morgan fingerprint density at radius 1 is 0.486 bits per heavy atom. The molecule has 1 heterocycles. The third kappa shape index (κ3) is 4.30. The summed E-state index contributed by atoms with van der Waals surface area (Å²) < 4.78 is 13.9. The fraction of sp³-hybridized carbons (Fsp3) is 0.273. The standard InChI is InChI=1S/C33H36N2O2/c1-31(2)36-29(32(34-3,25-17-9-5-10-18-25)26-19-11-6-12-20-26)30(37-31)33(35-4,27-21-13-7-14-22-27)28-23-15-8-16-24-28/h5-24,29-30,34-35H,1-4H3/t29-,30-/m1/s1. The van der Waals surface area contributed by atoms with Crippen LogP contribution in [0.25, 0.3) is 0 Å². The van der Waals surface area contributed by atoms with Crippen LogP contribution >= 0.6 is 0 Å². The van der Waals surface area contributed by atoms with Gasteiger partial charge in [0, 0.05) is 0 Å². The first-order valence-electron chi connectivity index (χ1n) is 12.9. The normalized spacial score (nSPS) is 19.6. The van der Waals surface area contributed by atoms with E-state index in [1.165, 1.54) is 0 Å². The zero-order chi connectivity index (χ0) is 25.9. The van der Waals surface area contributed by atoms with Crippen LogP contribution in [0.15, 0.2) is 121 Å². The smallest absolute Gasteiger partial charge is 0.164 e. The van der Waals surface area contributed by atoms with Gasteiger partial charge in [0.1, 0.15) is 12.2 Å². The molecular weight excluding hydrogens is 456 g/mol. The predicted molar refractivity (Wildman–Crippen MR) is 149 cm³/mol. The minimum Gasteiger partial charge on any atom is -0.342 e. The van der Waals surface area contributed by atoms with E-state index in [1.807, 2.05) is 52.2 Å². The van der Waals surface area contributed by atoms with Gasteiger partial charge in [0.15, 0.2) is 5.79 Å². The van der Waals surface area contributed by atoms with Crippen LogP contribution in [-0.2, 0) is 20.6 Å². The van der Waals surface area contributed by atoms with Crippen LogP contribution in [0, 0.1) is 0 Å². The van der Waals surface area contributed by atoms with Gasteiger partial charge in [-0.3, -0.25) is 0 Å². The Morgan fingerprint density at radius 3 is 0.946 bits per heavy atom. The molecule has 0 spiro atoms. The lowest BCUT2D eigenvalue weighted by Gasteiger charge is -2.47. The van der Waals surface area contributed by atoms with Crippen molar-refractivity contribution in [3.63, 3.8) is 0 Å². The molecule has 0 radical (unpaired) electrons. The van der Waals surface area contributed by atoms with Crippen LogP contribution in [0.5, 0.6) is 0 Å². The van der Waals surface area contributed by atoms with Crippen molar-refractivity contribution in [2.45, 2.75) is 42.9 Å². The van der Waals surface area contributed by atoms with Crippen LogP contribution in [0.4, 0.5) is 0 Å². The summed E-state index contributed by atoms with van der Waals surface area (Å²) in [6.07, 6.45) is -0.796. The fourth-order valence-corrected chi connectivity index (χ4v) is 6.05. The Kier molecular flexibility index (Phi) is 7.02. The van der Waals surface area contributed by atoms with Gasteiger partial charge in [-0.05, 0) is 50.2 Å². The van der Waals surface area contributed by atoms with Crippen molar-refractivity contribution < 1.29 is 9.47 Å². The predicted octanol–water partition coefficient (Wildman–Crippen LogP) is 5.83. The van der Waals surface area contributed by atoms with Crippen molar-refractivity contribution >= 4 is 0 Å². The SMILES string of the molecule is CNC(c1ccccc1)(c1ccccc1)[C@@H]1OC(C)(C)O[C@H]1C(NC)(c1ccccc1)c1ccccc1. The van der Waals surface area contributed by atoms with Crippen LogP contribution in [0.3, 0.4) is 0 Å². The molecule has 1 aliphatic heterocycles. The van der Waals surface area contributed by atoms with E-state index < -0.39 is 29.1 Å². The molecule has 4 heteroatoms. The molecule has 1 aliphatic rings. The molecule has 2 atom stereocenters. The maximum Gasteiger partial charge on any atom is 0.164 e. The van der Waals surface area contributed by atoms with Crippen LogP contribution in [0.2, 0.25) is 0 Å². The molecule has 0 unspecified atom stereocenters. The molecule has 4 aromatic carbocycles. The number of ether oxygens (including phenoxy) is 2. The maximum absolute atomic E-state index is 6.95. The Balaban J connectivity index is 1.81. The first-order chi connectivity index (χ1) is 18.0. The van der Waals surface area contributed by atoms with Crippen molar-refractivity contribution in [3.8, 4) is 0 Å². The number of nitrogens with one attached hydrogen (secondary N) is 2. The molecular formula is C33H36N2O2. The molecule has 1 saturated heterocycles. The summed E-state index contributed by atoms with van der Waals surface area (Å²) in [5, 5.41) is 7.45. The minimum atomic E-state index is -0.813. The highest BCUT2D eigenvalue weighted by Crippen LogP contribution is 2.50. The summed E-state index contributed by atoms with van der Waals surface area (Å²) in [6.45, 7) is 4.01. The molecule has 1 fully saturated rings. The molecule has 190 valence electrons. The molecule has 0 amide bonds. The number of hydrogen-bond donors (Lipinski definition) is 2. The fourth-order valence-electron chi connectivity index (χ4n) is 6.05. The minimum absolute atomic E-state index is 0.398. The Bertz CT molecular complexity index is 1100. The van der Waals surface area contributed by atoms with Crippen molar-refractivity contribution in [1.82, 2.24) is 10.6 Å². The molecule has 2 N–H and O–H groups in total. The van der Waals surface area contributed by atoms with E-state index in [2.05, 4.69) is 108 Å². The van der Waals surface area contributed by atoms with Gasteiger partial charge in [0.2, 0.25) is 0 Å². The second-order valence-corrected chi connectivity index (χ2v) is 10.1. The van der Waals surface area contributed by atoms with Gasteiger partial charge in [0.05, 0.1) is 11.1 Å². The molecule has 37 heavy (non-hydrogen) atoms. The van der Waals surface area contributed by atoms with E-state index in [9.17, 15) is 0 Å². The lowest BCUT2D eigenvalue weighted by Crippen LogP contribution is -2.63. The van der Waals surface area contributed by atoms with E-state index in [-0.39, 0.29) is 0 Å². The summed E-state index contributed by atoms with van der Waals surface area (Å²) in [7, 11) is 4.02. The van der Waals surface area contributed by atoms with Crippen molar-refractivity contribution in [2.24, 2.45) is 0 Å². The van der Waals surface area contributed by atoms with Gasteiger partial charge in [-0.2, -0.15) is 0 Å². The number of likely N-dealkylation sites (N-methyl/N-ethyl adjacent to an activating group) is 2. The third-order valence-electron chi connectivity index (χ3n) is 7.66. The molecule has 0 bridgehead atoms. The highest BCUT2D eigenvalue weighted by Gasteiger charge is 2.61. The van der Waals surface area contributed by atoms with Gasteiger partial charge in [0.25, 0.3) is 0 Å². The summed E-state index contributed by atoms with van der Waals surface area (Å²) in [4.78, 5) is 0. The molecule has 4 nitrogen and oxygen atoms in total. The number of rotatable bonds is 8. The molecule has 0 aliphatic carbocycles. The second-order valence-electron chi connectivity index (χ2n) is 10.1. The first kappa shape index (κ1) is 25.4. The van der Waals surface area contributed by atoms with Crippen LogP contribution in [-0.4, -0.2) is 32.1 Å². The first-order valence-corrected chi connectivity index (χ1v) is 12.9. The van der Waals surface area contributed by atoms with Gasteiger partial charge in [-0.1, -0.05) is 121 Å². The molecule has 4 aromatic rings. The number of benzene rings is 4. The zero-order valence-corrected chi connectivity index (χ0v) is 22.0. The second kappa shape index (κ2) is 10.2. The summed E-state index contributed by atoms with van der Waals surface area (Å²) >= 11 is 0. The topological polar surface area (TPSA) is 42.5 Å². The molecule has 5 rings (SSSR count). The average molecular weight is 493 g/mol. The van der Waals surface area contributed by atoms with E-state index in [0.717, 1.165) is 22.3 Å². The molecule has 0 aromatic heterocycles. The third-order valence-corrected chi connectivity index (χ3v) is 7.66. The maximum atomic E-state index is 6.95. The Morgan fingerprint density at radius 2 is 0.730 bits per heavy atom. The van der Waals surface area contributed by atoms with Crippen molar-refractivity contribution in [2.75, 3.05) is 14.1 Å². The lowest BCUT2D eigenvalue weighted by molar-refractivity contribution is -0.156. The van der Waals surface area contributed by atoms with E-state index in [0.29, 0.717) is 0 Å². The average Bonchev–Trinajstić information content (AvgIpc) is 3.28. The van der Waals surface area contributed by atoms with Crippen molar-refractivity contribution in [1.29, 1.82) is 0 Å². The molecule has 0 saturated carbocycles. The summed E-state index contributed by atoms with van der Waals surface area (Å²) in [6, 6.07) is 42.2. The Hall–Kier alpha value is -3.28. The highest BCUT2D eigenvalue weighted by molar-refractivity contribution is 5.46. The van der Waals surface area contributed by atoms with Gasteiger partial charge >= 0.3 is 0 Å². The van der Waals surface area contributed by atoms with E-state index in [1.54, 1.807) is 0 Å². The monoisotopic (exact) mass is 492 g/mol. The van der Waals surface area contributed by atoms with Crippen LogP contribution in [0.1, 0.15) is 36.1 Å². The van der Waals surface area contributed by atoms with E-state index in [4.69, 9.17) is 9.47 Å². The van der Waals surface area contributed by atoms with Crippen molar-refractivity contribution in [3.05, 3.63) is 144 Å². The van der Waals surface area contributed by atoms with Gasteiger partial charge in [-0.25, -0.2) is 0 Å². The largest absolute Gasteiger partial charge is 0.342 e. The van der Waals surface area contributed by atoms with Gasteiger partial charge in [-0.15, -0.1) is 0 Å². The number of hydrogen-bond acceptors (Lipinski definition) is 4. The zero-order valence-electron chi connectivity index (χ0n) is 22.0. The van der Waals surface area contributed by atoms with Gasteiger partial charge < -0.3 is 20.1 Å². The highest BCUT2D eigenvalue weighted by atomic mass is 16.8. The van der Waals surface area contributed by atoms with Crippen LogP contribution < -0.4 is 10.6 Å². The van der Waals surface area contributed by atoms with E-state index >= 15 is 0 Å². The summed E-state index contributed by atoms with van der Waals surface area (Å²) in [5.74, 6) is -0.813. The lowest BCUT2D eigenvalue weighted by atomic mass is 9.68. The summed E-state index contributed by atoms with van der Waals surface area (Å²) in [5.41, 5.74) is 3.09.